The molecule has 0 radical (unpaired) electrons. The Labute approximate surface area is 180 Å². The smallest absolute Gasteiger partial charge is 0.261 e. The minimum Gasteiger partial charge on any atom is -0.352 e. The van der Waals surface area contributed by atoms with Crippen LogP contribution in [0.2, 0.25) is 0 Å². The van der Waals surface area contributed by atoms with E-state index in [1.165, 1.54) is 29.5 Å². The molecule has 0 unspecified atom stereocenters. The highest BCUT2D eigenvalue weighted by atomic mass is 16.2. The summed E-state index contributed by atoms with van der Waals surface area (Å²) in [5.74, 6) is -1.47. The van der Waals surface area contributed by atoms with Crippen molar-refractivity contribution >= 4 is 23.6 Å². The van der Waals surface area contributed by atoms with Gasteiger partial charge in [-0.2, -0.15) is 0 Å². The number of fused-ring (bicyclic) bond motifs is 1. The molecule has 160 valence electrons. The van der Waals surface area contributed by atoms with E-state index >= 15 is 0 Å². The summed E-state index contributed by atoms with van der Waals surface area (Å²) in [6.07, 6.45) is 5.37. The van der Waals surface area contributed by atoms with Crippen molar-refractivity contribution in [2.45, 2.75) is 44.7 Å². The number of amides is 4. The van der Waals surface area contributed by atoms with Crippen LogP contribution in [0, 0.1) is 0 Å². The third-order valence-corrected chi connectivity index (χ3v) is 5.80. The molecule has 2 aliphatic rings. The number of hydrogen-bond donors (Lipinski definition) is 2. The van der Waals surface area contributed by atoms with Gasteiger partial charge in [0.2, 0.25) is 5.91 Å². The molecular weight excluding hydrogens is 394 g/mol. The van der Waals surface area contributed by atoms with Crippen molar-refractivity contribution in [3.8, 4) is 0 Å². The Bertz CT molecular complexity index is 1010. The summed E-state index contributed by atoms with van der Waals surface area (Å²) in [6.45, 7) is 0.0511. The zero-order valence-corrected chi connectivity index (χ0v) is 17.2. The second-order valence-corrected chi connectivity index (χ2v) is 8.03. The SMILES string of the molecule is O=C(CNC(=O)c1ccc2c(c1)C(=O)N(Cc1ccccc1)C2=O)NC1CCCCC1. The monoisotopic (exact) mass is 419 g/mol. The Kier molecular flexibility index (Phi) is 6.11. The number of benzene rings is 2. The number of carbonyl (C=O) groups excluding carboxylic acids is 4. The zero-order chi connectivity index (χ0) is 21.8. The van der Waals surface area contributed by atoms with Gasteiger partial charge in [0.1, 0.15) is 0 Å². The standard InChI is InChI=1S/C24H25N3O4/c28-21(26-18-9-5-2-6-10-18)14-25-22(29)17-11-12-19-20(13-17)24(31)27(23(19)30)15-16-7-3-1-4-8-16/h1,3-4,7-8,11-13,18H,2,5-6,9-10,14-15H2,(H,25,29)(H,26,28). The maximum atomic E-state index is 12.8. The predicted octanol–water partition coefficient (Wildman–Crippen LogP) is 2.66. The van der Waals surface area contributed by atoms with Gasteiger partial charge in [-0.1, -0.05) is 49.6 Å². The molecule has 1 fully saturated rings. The average Bonchev–Trinajstić information content (AvgIpc) is 3.03. The minimum atomic E-state index is -0.455. The third-order valence-electron chi connectivity index (χ3n) is 5.80. The fourth-order valence-corrected chi connectivity index (χ4v) is 4.13. The van der Waals surface area contributed by atoms with Crippen LogP contribution >= 0.6 is 0 Å². The van der Waals surface area contributed by atoms with E-state index < -0.39 is 11.8 Å². The fourth-order valence-electron chi connectivity index (χ4n) is 4.13. The number of nitrogens with zero attached hydrogens (tertiary/aromatic N) is 1. The first-order chi connectivity index (χ1) is 15.0. The predicted molar refractivity (Wildman–Crippen MR) is 114 cm³/mol. The quantitative estimate of drug-likeness (QED) is 0.704. The molecule has 4 amide bonds. The van der Waals surface area contributed by atoms with Crippen molar-refractivity contribution in [3.05, 3.63) is 70.8 Å². The molecule has 4 rings (SSSR count). The Balaban J connectivity index is 1.38. The van der Waals surface area contributed by atoms with Crippen LogP contribution in [0.5, 0.6) is 0 Å². The van der Waals surface area contributed by atoms with Gasteiger partial charge in [0.15, 0.2) is 0 Å². The third kappa shape index (κ3) is 4.66. The van der Waals surface area contributed by atoms with Gasteiger partial charge in [0.05, 0.1) is 24.2 Å². The normalized spacial score (nSPS) is 16.2. The van der Waals surface area contributed by atoms with Gasteiger partial charge < -0.3 is 10.6 Å². The van der Waals surface area contributed by atoms with Crippen molar-refractivity contribution in [1.82, 2.24) is 15.5 Å². The molecule has 31 heavy (non-hydrogen) atoms. The molecule has 0 aromatic heterocycles. The van der Waals surface area contributed by atoms with Crippen LogP contribution in [-0.2, 0) is 11.3 Å². The highest BCUT2D eigenvalue weighted by molar-refractivity contribution is 6.22. The van der Waals surface area contributed by atoms with Gasteiger partial charge in [0.25, 0.3) is 17.7 Å². The lowest BCUT2D eigenvalue weighted by atomic mass is 9.95. The first-order valence-electron chi connectivity index (χ1n) is 10.6. The molecular formula is C24H25N3O4. The highest BCUT2D eigenvalue weighted by Crippen LogP contribution is 2.25. The Morgan fingerprint density at radius 1 is 0.903 bits per heavy atom. The lowest BCUT2D eigenvalue weighted by Gasteiger charge is -2.22. The van der Waals surface area contributed by atoms with Gasteiger partial charge in [-0.15, -0.1) is 0 Å². The summed E-state index contributed by atoms with van der Waals surface area (Å²) in [6, 6.07) is 13.9. The first kappa shape index (κ1) is 20.8. The Hall–Kier alpha value is -3.48. The van der Waals surface area contributed by atoms with Crippen LogP contribution in [0.1, 0.15) is 68.7 Å². The number of imide groups is 1. The molecule has 2 N–H and O–H groups in total. The molecule has 0 bridgehead atoms. The van der Waals surface area contributed by atoms with Crippen molar-refractivity contribution in [1.29, 1.82) is 0 Å². The van der Waals surface area contributed by atoms with Crippen molar-refractivity contribution in [2.75, 3.05) is 6.54 Å². The summed E-state index contributed by atoms with van der Waals surface area (Å²) in [7, 11) is 0. The molecule has 1 aliphatic heterocycles. The molecule has 0 spiro atoms. The fraction of sp³-hybridized carbons (Fsp3) is 0.333. The Morgan fingerprint density at radius 3 is 2.35 bits per heavy atom. The van der Waals surface area contributed by atoms with E-state index in [4.69, 9.17) is 0 Å². The van der Waals surface area contributed by atoms with Crippen LogP contribution in [0.15, 0.2) is 48.5 Å². The zero-order valence-electron chi connectivity index (χ0n) is 17.2. The van der Waals surface area contributed by atoms with E-state index in [2.05, 4.69) is 10.6 Å². The lowest BCUT2D eigenvalue weighted by Crippen LogP contribution is -2.42. The van der Waals surface area contributed by atoms with Gasteiger partial charge in [0, 0.05) is 11.6 Å². The van der Waals surface area contributed by atoms with Crippen molar-refractivity contribution < 1.29 is 19.2 Å². The van der Waals surface area contributed by atoms with Crippen LogP contribution in [0.4, 0.5) is 0 Å². The maximum Gasteiger partial charge on any atom is 0.261 e. The summed E-state index contributed by atoms with van der Waals surface area (Å²) in [4.78, 5) is 51.2. The summed E-state index contributed by atoms with van der Waals surface area (Å²) >= 11 is 0. The number of rotatable bonds is 6. The van der Waals surface area contributed by atoms with E-state index in [1.54, 1.807) is 0 Å². The van der Waals surface area contributed by atoms with Gasteiger partial charge in [-0.25, -0.2) is 0 Å². The molecule has 2 aromatic carbocycles. The molecule has 7 heteroatoms. The van der Waals surface area contributed by atoms with Crippen LogP contribution in [-0.4, -0.2) is 41.1 Å². The van der Waals surface area contributed by atoms with Crippen LogP contribution in [0.3, 0.4) is 0 Å². The van der Waals surface area contributed by atoms with Gasteiger partial charge in [-0.3, -0.25) is 24.1 Å². The molecule has 0 atom stereocenters. The van der Waals surface area contributed by atoms with E-state index in [1.807, 2.05) is 30.3 Å². The first-order valence-corrected chi connectivity index (χ1v) is 10.6. The maximum absolute atomic E-state index is 12.8. The number of nitrogens with one attached hydrogen (secondary N) is 2. The second-order valence-electron chi connectivity index (χ2n) is 8.03. The molecule has 1 heterocycles. The van der Waals surface area contributed by atoms with E-state index in [9.17, 15) is 19.2 Å². The van der Waals surface area contributed by atoms with Crippen LogP contribution < -0.4 is 10.6 Å². The average molecular weight is 419 g/mol. The Morgan fingerprint density at radius 2 is 1.61 bits per heavy atom. The largest absolute Gasteiger partial charge is 0.352 e. The van der Waals surface area contributed by atoms with Gasteiger partial charge >= 0.3 is 0 Å². The second kappa shape index (κ2) is 9.12. The van der Waals surface area contributed by atoms with E-state index in [-0.39, 0.29) is 47.6 Å². The van der Waals surface area contributed by atoms with Crippen molar-refractivity contribution in [3.63, 3.8) is 0 Å². The summed E-state index contributed by atoms with van der Waals surface area (Å²) < 4.78 is 0. The minimum absolute atomic E-state index is 0.126. The number of carbonyl (C=O) groups is 4. The topological polar surface area (TPSA) is 95.6 Å². The highest BCUT2D eigenvalue weighted by Gasteiger charge is 2.36. The van der Waals surface area contributed by atoms with Crippen molar-refractivity contribution in [2.24, 2.45) is 0 Å². The molecule has 0 saturated heterocycles. The molecule has 7 nitrogen and oxygen atoms in total. The number of hydrogen-bond acceptors (Lipinski definition) is 4. The van der Waals surface area contributed by atoms with E-state index in [0.29, 0.717) is 0 Å². The summed E-state index contributed by atoms with van der Waals surface area (Å²) in [5.41, 5.74) is 1.58. The van der Waals surface area contributed by atoms with E-state index in [0.717, 1.165) is 31.2 Å². The molecule has 1 saturated carbocycles. The lowest BCUT2D eigenvalue weighted by molar-refractivity contribution is -0.121. The van der Waals surface area contributed by atoms with Crippen LogP contribution in [0.25, 0.3) is 0 Å². The molecule has 1 aliphatic carbocycles. The van der Waals surface area contributed by atoms with Gasteiger partial charge in [-0.05, 0) is 36.6 Å². The molecule has 2 aromatic rings. The summed E-state index contributed by atoms with van der Waals surface area (Å²) in [5, 5.41) is 5.55.